The van der Waals surface area contributed by atoms with Crippen molar-refractivity contribution in [2.24, 2.45) is 5.73 Å². The number of carbonyl (C=O) groups excluding carboxylic acids is 4. The molecule has 1 rings (SSSR count). The molecule has 0 saturated carbocycles. The smallest absolute Gasteiger partial charge is 0.408 e. The highest BCUT2D eigenvalue weighted by atomic mass is 16.6. The highest BCUT2D eigenvalue weighted by Gasteiger charge is 2.42. The van der Waals surface area contributed by atoms with Gasteiger partial charge < -0.3 is 26.0 Å². The summed E-state index contributed by atoms with van der Waals surface area (Å²) >= 11 is 0. The van der Waals surface area contributed by atoms with E-state index >= 15 is 0 Å². The van der Waals surface area contributed by atoms with Crippen LogP contribution in [0.25, 0.3) is 0 Å². The third-order valence-corrected chi connectivity index (χ3v) is 5.03. The molecule has 0 radical (unpaired) electrons. The largest absolute Gasteiger partial charge is 0.444 e. The Kier molecular flexibility index (Phi) is 10.3. The van der Waals surface area contributed by atoms with Gasteiger partial charge >= 0.3 is 6.09 Å². The second kappa shape index (κ2) is 12.1. The lowest BCUT2D eigenvalue weighted by molar-refractivity contribution is -0.149. The normalized spacial score (nSPS) is 13.5. The van der Waals surface area contributed by atoms with Crippen LogP contribution < -0.4 is 16.4 Å². The SMILES string of the molecule is C#Cc1ccc(C(C(=O)NC(C)(C)C)N(C(=O)C(CCC(N)=O)NC(=O)OC(C)(C)C)C(C)(C)C)cc1. The van der Waals surface area contributed by atoms with Crippen molar-refractivity contribution in [3.63, 3.8) is 0 Å². The number of alkyl carbamates (subject to hydrolysis) is 1. The monoisotopic (exact) mass is 514 g/mol. The number of nitrogens with one attached hydrogen (secondary N) is 2. The minimum Gasteiger partial charge on any atom is -0.444 e. The molecule has 0 aliphatic rings. The lowest BCUT2D eigenvalue weighted by Crippen LogP contribution is -2.59. The average Bonchev–Trinajstić information content (AvgIpc) is 2.70. The highest BCUT2D eigenvalue weighted by Crippen LogP contribution is 2.31. The summed E-state index contributed by atoms with van der Waals surface area (Å²) in [6.07, 6.45) is 4.46. The Morgan fingerprint density at radius 2 is 1.54 bits per heavy atom. The standard InChI is InChI=1S/C28H42N4O5/c1-11-18-12-14-19(15-13-18)22(23(34)31-26(2,3)4)32(27(5,6)7)24(35)20(16-17-21(29)33)30-25(36)37-28(8,9)10/h1,12-15,20,22H,16-17H2,2-10H3,(H2,29,33)(H,30,36)(H,31,34). The molecule has 37 heavy (non-hydrogen) atoms. The fourth-order valence-electron chi connectivity index (χ4n) is 3.62. The minimum atomic E-state index is -1.17. The van der Waals surface area contributed by atoms with Crippen LogP contribution in [-0.2, 0) is 19.1 Å². The number of hydrogen-bond donors (Lipinski definition) is 3. The van der Waals surface area contributed by atoms with Gasteiger partial charge in [-0.1, -0.05) is 18.1 Å². The van der Waals surface area contributed by atoms with Gasteiger partial charge in [-0.05, 0) is 86.4 Å². The van der Waals surface area contributed by atoms with Crippen LogP contribution in [-0.4, -0.2) is 51.4 Å². The number of amides is 4. The molecule has 9 heteroatoms. The molecule has 2 atom stereocenters. The summed E-state index contributed by atoms with van der Waals surface area (Å²) in [5, 5.41) is 5.53. The predicted molar refractivity (Wildman–Crippen MR) is 143 cm³/mol. The number of primary amides is 1. The van der Waals surface area contributed by atoms with Crippen molar-refractivity contribution in [1.29, 1.82) is 0 Å². The van der Waals surface area contributed by atoms with Crippen molar-refractivity contribution in [1.82, 2.24) is 15.5 Å². The van der Waals surface area contributed by atoms with Crippen LogP contribution in [0.1, 0.15) is 92.3 Å². The summed E-state index contributed by atoms with van der Waals surface area (Å²) in [4.78, 5) is 53.4. The first kappa shape index (κ1) is 31.5. The van der Waals surface area contributed by atoms with Crippen molar-refractivity contribution in [2.75, 3.05) is 0 Å². The van der Waals surface area contributed by atoms with Crippen molar-refractivity contribution in [2.45, 2.75) is 104 Å². The molecule has 0 aliphatic carbocycles. The molecule has 0 heterocycles. The van der Waals surface area contributed by atoms with Gasteiger partial charge in [-0.2, -0.15) is 0 Å². The van der Waals surface area contributed by atoms with E-state index < -0.39 is 52.6 Å². The van der Waals surface area contributed by atoms with E-state index in [-0.39, 0.29) is 12.8 Å². The summed E-state index contributed by atoms with van der Waals surface area (Å²) in [5.74, 6) is 0.948. The number of carbonyl (C=O) groups is 4. The van der Waals surface area contributed by atoms with Gasteiger partial charge in [-0.15, -0.1) is 6.42 Å². The zero-order valence-electron chi connectivity index (χ0n) is 23.5. The maximum absolute atomic E-state index is 14.1. The Balaban J connectivity index is 3.63. The number of benzene rings is 1. The lowest BCUT2D eigenvalue weighted by Gasteiger charge is -2.43. The summed E-state index contributed by atoms with van der Waals surface area (Å²) < 4.78 is 5.34. The Morgan fingerprint density at radius 3 is 1.95 bits per heavy atom. The molecule has 9 nitrogen and oxygen atoms in total. The molecule has 4 amide bonds. The highest BCUT2D eigenvalue weighted by molar-refractivity contribution is 5.93. The Hall–Kier alpha value is -3.54. The van der Waals surface area contributed by atoms with Crippen LogP contribution in [0.5, 0.6) is 0 Å². The second-order valence-electron chi connectivity index (χ2n) is 12.0. The van der Waals surface area contributed by atoms with Crippen LogP contribution in [0.4, 0.5) is 4.79 Å². The molecule has 4 N–H and O–H groups in total. The van der Waals surface area contributed by atoms with Gasteiger partial charge in [-0.25, -0.2) is 4.79 Å². The molecule has 1 aromatic carbocycles. The maximum atomic E-state index is 14.1. The third-order valence-electron chi connectivity index (χ3n) is 5.03. The molecule has 2 unspecified atom stereocenters. The van der Waals surface area contributed by atoms with E-state index in [1.807, 2.05) is 20.8 Å². The Labute approximate surface area is 220 Å². The lowest BCUT2D eigenvalue weighted by atomic mass is 9.93. The quantitative estimate of drug-likeness (QED) is 0.458. The van der Waals surface area contributed by atoms with Gasteiger partial charge in [0.25, 0.3) is 0 Å². The van der Waals surface area contributed by atoms with Crippen molar-refractivity contribution >= 4 is 23.8 Å². The van der Waals surface area contributed by atoms with E-state index in [1.54, 1.807) is 65.8 Å². The van der Waals surface area contributed by atoms with Gasteiger partial charge in [-0.3, -0.25) is 14.4 Å². The molecule has 1 aromatic rings. The average molecular weight is 515 g/mol. The van der Waals surface area contributed by atoms with Crippen molar-refractivity contribution in [3.05, 3.63) is 35.4 Å². The predicted octanol–water partition coefficient (Wildman–Crippen LogP) is 3.41. The molecule has 0 bridgehead atoms. The number of ether oxygens (including phenoxy) is 1. The number of nitrogens with two attached hydrogens (primary N) is 1. The number of rotatable bonds is 8. The summed E-state index contributed by atoms with van der Waals surface area (Å²) in [5.41, 5.74) is 4.24. The third kappa shape index (κ3) is 10.5. The van der Waals surface area contributed by atoms with Crippen LogP contribution in [0.15, 0.2) is 24.3 Å². The van der Waals surface area contributed by atoms with Gasteiger partial charge in [0.2, 0.25) is 17.7 Å². The van der Waals surface area contributed by atoms with Crippen LogP contribution in [0.3, 0.4) is 0 Å². The minimum absolute atomic E-state index is 0.0658. The molecule has 204 valence electrons. The van der Waals surface area contributed by atoms with Gasteiger partial charge in [0.15, 0.2) is 0 Å². The van der Waals surface area contributed by atoms with E-state index in [0.29, 0.717) is 11.1 Å². The number of hydrogen-bond acceptors (Lipinski definition) is 5. The fourth-order valence-corrected chi connectivity index (χ4v) is 3.62. The maximum Gasteiger partial charge on any atom is 0.408 e. The Bertz CT molecular complexity index is 1020. The van der Waals surface area contributed by atoms with E-state index in [0.717, 1.165) is 0 Å². The van der Waals surface area contributed by atoms with Crippen LogP contribution in [0.2, 0.25) is 0 Å². The fraction of sp³-hybridized carbons (Fsp3) is 0.571. The van der Waals surface area contributed by atoms with Gasteiger partial charge in [0.1, 0.15) is 17.7 Å². The topological polar surface area (TPSA) is 131 Å². The van der Waals surface area contributed by atoms with Crippen LogP contribution >= 0.6 is 0 Å². The molecule has 0 aromatic heterocycles. The van der Waals surface area contributed by atoms with Crippen molar-refractivity contribution < 1.29 is 23.9 Å². The van der Waals surface area contributed by atoms with E-state index in [1.165, 1.54) is 4.90 Å². The van der Waals surface area contributed by atoms with Crippen LogP contribution in [0, 0.1) is 12.3 Å². The zero-order chi connectivity index (χ0) is 28.8. The van der Waals surface area contributed by atoms with E-state index in [2.05, 4.69) is 16.6 Å². The van der Waals surface area contributed by atoms with Gasteiger partial charge in [0.05, 0.1) is 0 Å². The first-order chi connectivity index (χ1) is 16.7. The van der Waals surface area contributed by atoms with E-state index in [4.69, 9.17) is 16.9 Å². The zero-order valence-corrected chi connectivity index (χ0v) is 23.5. The summed E-state index contributed by atoms with van der Waals surface area (Å²) in [6, 6.07) is 4.57. The summed E-state index contributed by atoms with van der Waals surface area (Å²) in [7, 11) is 0. The molecular weight excluding hydrogens is 472 g/mol. The first-order valence-electron chi connectivity index (χ1n) is 12.2. The van der Waals surface area contributed by atoms with E-state index in [9.17, 15) is 19.2 Å². The number of terminal acetylenes is 1. The van der Waals surface area contributed by atoms with Crippen molar-refractivity contribution in [3.8, 4) is 12.3 Å². The summed E-state index contributed by atoms with van der Waals surface area (Å²) in [6.45, 7) is 16.0. The molecule has 0 saturated heterocycles. The molecule has 0 spiro atoms. The molecule has 0 fully saturated rings. The second-order valence-corrected chi connectivity index (χ2v) is 12.0. The molecule has 0 aliphatic heterocycles. The first-order valence-corrected chi connectivity index (χ1v) is 12.2. The Morgan fingerprint density at radius 1 is 1.00 bits per heavy atom. The number of nitrogens with zero attached hydrogens (tertiary/aromatic N) is 1. The molecular formula is C28H42N4O5. The van der Waals surface area contributed by atoms with Gasteiger partial charge in [0, 0.05) is 23.1 Å².